The standard InChI is InChI=1S/C14H18Cl2N2O/c1-10-2-4-18(5-3-10)14(19)9-17-13-7-11(15)6-12(16)8-13/h6-8,10,17H,2-5,9H2,1H3. The van der Waals surface area contributed by atoms with Crippen molar-refractivity contribution in [3.05, 3.63) is 28.2 Å². The largest absolute Gasteiger partial charge is 0.376 e. The molecule has 0 spiro atoms. The van der Waals surface area contributed by atoms with Gasteiger partial charge in [-0.25, -0.2) is 0 Å². The van der Waals surface area contributed by atoms with Gasteiger partial charge in [-0.1, -0.05) is 30.1 Å². The Bertz CT molecular complexity index is 437. The van der Waals surface area contributed by atoms with Gasteiger partial charge in [-0.15, -0.1) is 0 Å². The summed E-state index contributed by atoms with van der Waals surface area (Å²) >= 11 is 11.8. The number of amides is 1. The van der Waals surface area contributed by atoms with Crippen molar-refractivity contribution < 1.29 is 4.79 Å². The molecule has 1 saturated heterocycles. The minimum atomic E-state index is 0.128. The molecule has 1 heterocycles. The van der Waals surface area contributed by atoms with E-state index in [-0.39, 0.29) is 12.5 Å². The van der Waals surface area contributed by atoms with Crippen LogP contribution in [0.3, 0.4) is 0 Å². The van der Waals surface area contributed by atoms with E-state index in [9.17, 15) is 4.79 Å². The number of likely N-dealkylation sites (tertiary alicyclic amines) is 1. The highest BCUT2D eigenvalue weighted by atomic mass is 35.5. The number of hydrogen-bond donors (Lipinski definition) is 1. The second-order valence-corrected chi connectivity index (χ2v) is 5.95. The first-order valence-electron chi connectivity index (χ1n) is 6.52. The zero-order valence-electron chi connectivity index (χ0n) is 11.0. The van der Waals surface area contributed by atoms with Crippen LogP contribution in [-0.2, 0) is 4.79 Å². The van der Waals surface area contributed by atoms with Crippen molar-refractivity contribution in [2.24, 2.45) is 5.92 Å². The number of nitrogens with zero attached hydrogens (tertiary/aromatic N) is 1. The molecule has 0 bridgehead atoms. The maximum Gasteiger partial charge on any atom is 0.241 e. The summed E-state index contributed by atoms with van der Waals surface area (Å²) in [5.41, 5.74) is 0.774. The van der Waals surface area contributed by atoms with Gasteiger partial charge in [-0.3, -0.25) is 4.79 Å². The summed E-state index contributed by atoms with van der Waals surface area (Å²) in [6, 6.07) is 5.19. The topological polar surface area (TPSA) is 32.3 Å². The van der Waals surface area contributed by atoms with E-state index in [0.29, 0.717) is 10.0 Å². The lowest BCUT2D eigenvalue weighted by Gasteiger charge is -2.30. The number of hydrogen-bond acceptors (Lipinski definition) is 2. The number of carbonyl (C=O) groups excluding carboxylic acids is 1. The Hall–Kier alpha value is -0.930. The summed E-state index contributed by atoms with van der Waals surface area (Å²) in [6.07, 6.45) is 2.18. The number of nitrogens with one attached hydrogen (secondary N) is 1. The van der Waals surface area contributed by atoms with Crippen molar-refractivity contribution in [1.29, 1.82) is 0 Å². The molecule has 2 rings (SSSR count). The molecule has 1 aliphatic heterocycles. The number of piperidine rings is 1. The molecule has 1 aromatic rings. The van der Waals surface area contributed by atoms with Crippen LogP contribution in [0.4, 0.5) is 5.69 Å². The van der Waals surface area contributed by atoms with Crippen molar-refractivity contribution in [2.75, 3.05) is 25.0 Å². The molecule has 1 N–H and O–H groups in total. The summed E-state index contributed by atoms with van der Waals surface area (Å²) < 4.78 is 0. The molecular weight excluding hydrogens is 283 g/mol. The number of anilines is 1. The van der Waals surface area contributed by atoms with E-state index in [0.717, 1.165) is 37.5 Å². The van der Waals surface area contributed by atoms with Gasteiger partial charge in [-0.05, 0) is 37.0 Å². The van der Waals surface area contributed by atoms with Gasteiger partial charge < -0.3 is 10.2 Å². The summed E-state index contributed by atoms with van der Waals surface area (Å²) in [4.78, 5) is 14.0. The van der Waals surface area contributed by atoms with Gasteiger partial charge in [0.1, 0.15) is 0 Å². The third kappa shape index (κ3) is 4.29. The molecule has 0 unspecified atom stereocenters. The van der Waals surface area contributed by atoms with Crippen molar-refractivity contribution in [3.8, 4) is 0 Å². The lowest BCUT2D eigenvalue weighted by atomic mass is 9.99. The highest BCUT2D eigenvalue weighted by Gasteiger charge is 2.19. The first kappa shape index (κ1) is 14.5. The second-order valence-electron chi connectivity index (χ2n) is 5.07. The molecular formula is C14H18Cl2N2O. The number of benzene rings is 1. The predicted octanol–water partition coefficient (Wildman–Crippen LogP) is 3.66. The van der Waals surface area contributed by atoms with Crippen molar-refractivity contribution in [2.45, 2.75) is 19.8 Å². The fraction of sp³-hybridized carbons (Fsp3) is 0.500. The highest BCUT2D eigenvalue weighted by Crippen LogP contribution is 2.22. The predicted molar refractivity (Wildman–Crippen MR) is 79.9 cm³/mol. The van der Waals surface area contributed by atoms with Crippen molar-refractivity contribution in [1.82, 2.24) is 4.90 Å². The third-order valence-electron chi connectivity index (χ3n) is 3.44. The zero-order valence-corrected chi connectivity index (χ0v) is 12.5. The van der Waals surface area contributed by atoms with Crippen LogP contribution >= 0.6 is 23.2 Å². The lowest BCUT2D eigenvalue weighted by Crippen LogP contribution is -2.40. The summed E-state index contributed by atoms with van der Waals surface area (Å²) in [6.45, 7) is 4.23. The first-order chi connectivity index (χ1) is 9.04. The molecule has 104 valence electrons. The van der Waals surface area contributed by atoms with Crippen molar-refractivity contribution >= 4 is 34.8 Å². The second kappa shape index (κ2) is 6.49. The molecule has 0 atom stereocenters. The van der Waals surface area contributed by atoms with Crippen LogP contribution in [0.25, 0.3) is 0 Å². The Balaban J connectivity index is 1.86. The van der Waals surface area contributed by atoms with Crippen LogP contribution in [0.2, 0.25) is 10.0 Å². The number of halogens is 2. The van der Waals surface area contributed by atoms with E-state index in [1.54, 1.807) is 18.2 Å². The molecule has 3 nitrogen and oxygen atoms in total. The Morgan fingerprint density at radius 1 is 1.26 bits per heavy atom. The van der Waals surface area contributed by atoms with Gasteiger partial charge in [0.05, 0.1) is 6.54 Å². The molecule has 1 fully saturated rings. The maximum atomic E-state index is 12.0. The van der Waals surface area contributed by atoms with Gasteiger partial charge in [0.25, 0.3) is 0 Å². The molecule has 1 aliphatic rings. The maximum absolute atomic E-state index is 12.0. The average Bonchev–Trinajstić information content (AvgIpc) is 2.36. The average molecular weight is 301 g/mol. The smallest absolute Gasteiger partial charge is 0.241 e. The molecule has 5 heteroatoms. The molecule has 1 aromatic carbocycles. The van der Waals surface area contributed by atoms with Crippen molar-refractivity contribution in [3.63, 3.8) is 0 Å². The van der Waals surface area contributed by atoms with E-state index < -0.39 is 0 Å². The minimum absolute atomic E-state index is 0.128. The molecule has 19 heavy (non-hydrogen) atoms. The minimum Gasteiger partial charge on any atom is -0.376 e. The normalized spacial score (nSPS) is 16.5. The number of carbonyl (C=O) groups is 1. The molecule has 1 amide bonds. The monoisotopic (exact) mass is 300 g/mol. The van der Waals surface area contributed by atoms with E-state index in [4.69, 9.17) is 23.2 Å². The number of rotatable bonds is 3. The van der Waals surface area contributed by atoms with Crippen LogP contribution < -0.4 is 5.32 Å². The Morgan fingerprint density at radius 3 is 2.42 bits per heavy atom. The highest BCUT2D eigenvalue weighted by molar-refractivity contribution is 6.35. The van der Waals surface area contributed by atoms with Gasteiger partial charge in [0.2, 0.25) is 5.91 Å². The third-order valence-corrected chi connectivity index (χ3v) is 3.88. The van der Waals surface area contributed by atoms with E-state index >= 15 is 0 Å². The van der Waals surface area contributed by atoms with Crippen LogP contribution in [0, 0.1) is 5.92 Å². The quantitative estimate of drug-likeness (QED) is 0.924. The van der Waals surface area contributed by atoms with Gasteiger partial charge in [-0.2, -0.15) is 0 Å². The zero-order chi connectivity index (χ0) is 13.8. The molecule has 0 saturated carbocycles. The van der Waals surface area contributed by atoms with Crippen LogP contribution in [0.5, 0.6) is 0 Å². The molecule has 0 aromatic heterocycles. The fourth-order valence-corrected chi connectivity index (χ4v) is 2.73. The molecule has 0 aliphatic carbocycles. The first-order valence-corrected chi connectivity index (χ1v) is 7.28. The molecule has 0 radical (unpaired) electrons. The summed E-state index contributed by atoms with van der Waals surface area (Å²) in [5, 5.41) is 4.20. The summed E-state index contributed by atoms with van der Waals surface area (Å²) in [7, 11) is 0. The van der Waals surface area contributed by atoms with Gasteiger partial charge >= 0.3 is 0 Å². The van der Waals surface area contributed by atoms with E-state index in [1.807, 2.05) is 4.90 Å². The summed E-state index contributed by atoms with van der Waals surface area (Å²) in [5.74, 6) is 0.853. The Kier molecular flexibility index (Phi) is 4.94. The van der Waals surface area contributed by atoms with Gasteiger partial charge in [0, 0.05) is 28.8 Å². The lowest BCUT2D eigenvalue weighted by molar-refractivity contribution is -0.130. The van der Waals surface area contributed by atoms with Crippen LogP contribution in [-0.4, -0.2) is 30.4 Å². The van der Waals surface area contributed by atoms with Gasteiger partial charge in [0.15, 0.2) is 0 Å². The van der Waals surface area contributed by atoms with Crippen LogP contribution in [0.15, 0.2) is 18.2 Å². The Morgan fingerprint density at radius 2 is 1.84 bits per heavy atom. The SMILES string of the molecule is CC1CCN(C(=O)CNc2cc(Cl)cc(Cl)c2)CC1. The van der Waals surface area contributed by atoms with E-state index in [1.165, 1.54) is 0 Å². The van der Waals surface area contributed by atoms with Crippen LogP contribution in [0.1, 0.15) is 19.8 Å². The van der Waals surface area contributed by atoms with E-state index in [2.05, 4.69) is 12.2 Å². The Labute approximate surface area is 123 Å². The fourth-order valence-electron chi connectivity index (χ4n) is 2.20.